The maximum atomic E-state index is 9.90. The second kappa shape index (κ2) is 9.42. The highest BCUT2D eigenvalue weighted by Gasteiger charge is 2.00. The molecular formula is C16H26O3. The highest BCUT2D eigenvalue weighted by molar-refractivity contribution is 5.66. The predicted molar refractivity (Wildman–Crippen MR) is 78.5 cm³/mol. The number of hydrogen-bond donors (Lipinski definition) is 2. The topological polar surface area (TPSA) is 57.5 Å². The summed E-state index contributed by atoms with van der Waals surface area (Å²) in [6.45, 7) is 8.38. The van der Waals surface area contributed by atoms with Crippen molar-refractivity contribution in [2.24, 2.45) is 5.92 Å². The van der Waals surface area contributed by atoms with Gasteiger partial charge in [0, 0.05) is 6.42 Å². The van der Waals surface area contributed by atoms with Gasteiger partial charge in [0.2, 0.25) is 0 Å². The van der Waals surface area contributed by atoms with Gasteiger partial charge in [-0.15, -0.1) is 0 Å². The smallest absolute Gasteiger partial charge is 0.303 e. The minimum absolute atomic E-state index is 0.303. The van der Waals surface area contributed by atoms with E-state index in [9.17, 15) is 4.79 Å². The highest BCUT2D eigenvalue weighted by atomic mass is 16.4. The normalized spacial score (nSPS) is 11.6. The van der Waals surface area contributed by atoms with Crippen LogP contribution < -0.4 is 0 Å². The highest BCUT2D eigenvalue weighted by Crippen LogP contribution is 2.20. The second-order valence-electron chi connectivity index (χ2n) is 5.23. The Kier molecular flexibility index (Phi) is 8.68. The van der Waals surface area contributed by atoms with Gasteiger partial charge in [-0.1, -0.05) is 39.8 Å². The van der Waals surface area contributed by atoms with E-state index in [0.29, 0.717) is 24.0 Å². The number of aliphatic carboxylic acids is 1. The number of carboxylic acids is 1. The quantitative estimate of drug-likeness (QED) is 0.829. The molecule has 0 amide bonds. The van der Waals surface area contributed by atoms with Crippen LogP contribution in [0.5, 0.6) is 5.75 Å². The maximum absolute atomic E-state index is 9.90. The number of carbonyl (C=O) groups is 1. The van der Waals surface area contributed by atoms with E-state index in [-0.39, 0.29) is 0 Å². The van der Waals surface area contributed by atoms with Crippen molar-refractivity contribution < 1.29 is 15.0 Å². The molecule has 0 aliphatic carbocycles. The summed E-state index contributed by atoms with van der Waals surface area (Å²) < 4.78 is 0. The average Bonchev–Trinajstić information content (AvgIpc) is 2.37. The van der Waals surface area contributed by atoms with Crippen LogP contribution in [0.25, 0.3) is 0 Å². The number of carboxylic acid groups (broad SMARTS) is 1. The summed E-state index contributed by atoms with van der Waals surface area (Å²) in [5.41, 5.74) is 1.30. The molecule has 0 saturated heterocycles. The van der Waals surface area contributed by atoms with Gasteiger partial charge in [-0.2, -0.15) is 0 Å². The molecule has 0 fully saturated rings. The molecule has 0 radical (unpaired) electrons. The van der Waals surface area contributed by atoms with E-state index in [1.807, 2.05) is 26.0 Å². The van der Waals surface area contributed by atoms with E-state index >= 15 is 0 Å². The number of benzene rings is 1. The van der Waals surface area contributed by atoms with Crippen LogP contribution in [0, 0.1) is 5.92 Å². The first-order valence-electron chi connectivity index (χ1n) is 6.87. The minimum Gasteiger partial charge on any atom is -0.508 e. The largest absolute Gasteiger partial charge is 0.508 e. The Balaban J connectivity index is 0.000000362. The summed E-state index contributed by atoms with van der Waals surface area (Å²) >= 11 is 0. The molecule has 0 bridgehead atoms. The van der Waals surface area contributed by atoms with Crippen molar-refractivity contribution in [2.75, 3.05) is 0 Å². The van der Waals surface area contributed by atoms with Gasteiger partial charge < -0.3 is 10.2 Å². The SMILES string of the molecule is CC(C)CCC(=O)O.CCC(C)c1ccc(O)cc1. The molecule has 19 heavy (non-hydrogen) atoms. The standard InChI is InChI=1S/C10H14O.C6H12O2/c1-3-8(2)9-4-6-10(11)7-5-9;1-5(2)3-4-6(7)8/h4-8,11H,3H2,1-2H3;5H,3-4H2,1-2H3,(H,7,8). The number of phenolic OH excluding ortho intramolecular Hbond substituents is 1. The Bertz CT molecular complexity index is 355. The fourth-order valence-electron chi connectivity index (χ4n) is 1.45. The van der Waals surface area contributed by atoms with Crippen LogP contribution in [0.15, 0.2) is 24.3 Å². The molecule has 0 saturated carbocycles. The van der Waals surface area contributed by atoms with E-state index in [2.05, 4.69) is 13.8 Å². The summed E-state index contributed by atoms with van der Waals surface area (Å²) in [4.78, 5) is 9.90. The Labute approximate surface area is 116 Å². The van der Waals surface area contributed by atoms with Crippen LogP contribution in [0.3, 0.4) is 0 Å². The molecule has 0 aliphatic rings. The molecule has 1 atom stereocenters. The maximum Gasteiger partial charge on any atom is 0.303 e. The first kappa shape index (κ1) is 17.5. The molecule has 0 aliphatic heterocycles. The Morgan fingerprint density at radius 1 is 1.16 bits per heavy atom. The molecule has 1 aromatic carbocycles. The van der Waals surface area contributed by atoms with Crippen LogP contribution in [0.2, 0.25) is 0 Å². The number of hydrogen-bond acceptors (Lipinski definition) is 2. The third kappa shape index (κ3) is 9.11. The van der Waals surface area contributed by atoms with E-state index in [0.717, 1.165) is 12.8 Å². The van der Waals surface area contributed by atoms with E-state index in [1.165, 1.54) is 5.56 Å². The molecule has 108 valence electrons. The lowest BCUT2D eigenvalue weighted by atomic mass is 9.99. The zero-order valence-electron chi connectivity index (χ0n) is 12.4. The molecule has 1 unspecified atom stereocenters. The first-order valence-corrected chi connectivity index (χ1v) is 6.87. The van der Waals surface area contributed by atoms with Gasteiger partial charge in [0.15, 0.2) is 0 Å². The van der Waals surface area contributed by atoms with E-state index in [4.69, 9.17) is 10.2 Å². The summed E-state index contributed by atoms with van der Waals surface area (Å²) in [7, 11) is 0. The number of aromatic hydroxyl groups is 1. The fourth-order valence-corrected chi connectivity index (χ4v) is 1.45. The number of rotatable bonds is 5. The van der Waals surface area contributed by atoms with Crippen molar-refractivity contribution >= 4 is 5.97 Å². The predicted octanol–water partition coefficient (Wildman–Crippen LogP) is 4.41. The van der Waals surface area contributed by atoms with Crippen molar-refractivity contribution in [2.45, 2.75) is 52.9 Å². The van der Waals surface area contributed by atoms with E-state index in [1.54, 1.807) is 12.1 Å². The fraction of sp³-hybridized carbons (Fsp3) is 0.562. The van der Waals surface area contributed by atoms with Crippen LogP contribution in [-0.4, -0.2) is 16.2 Å². The summed E-state index contributed by atoms with van der Waals surface area (Å²) in [5, 5.41) is 17.2. The molecule has 0 heterocycles. The molecule has 1 aromatic rings. The Morgan fingerprint density at radius 3 is 2.00 bits per heavy atom. The van der Waals surface area contributed by atoms with Gasteiger partial charge in [0.25, 0.3) is 0 Å². The Morgan fingerprint density at radius 2 is 1.68 bits per heavy atom. The van der Waals surface area contributed by atoms with Crippen molar-refractivity contribution in [1.29, 1.82) is 0 Å². The molecule has 3 heteroatoms. The first-order chi connectivity index (χ1) is 8.86. The van der Waals surface area contributed by atoms with E-state index < -0.39 is 5.97 Å². The lowest BCUT2D eigenvalue weighted by molar-refractivity contribution is -0.137. The molecule has 2 N–H and O–H groups in total. The van der Waals surface area contributed by atoms with Gasteiger partial charge >= 0.3 is 5.97 Å². The van der Waals surface area contributed by atoms with Crippen LogP contribution in [-0.2, 0) is 4.79 Å². The molecule has 0 spiro atoms. The lowest BCUT2D eigenvalue weighted by Crippen LogP contribution is -1.97. The average molecular weight is 266 g/mol. The third-order valence-electron chi connectivity index (χ3n) is 3.01. The van der Waals surface area contributed by atoms with Crippen LogP contribution >= 0.6 is 0 Å². The van der Waals surface area contributed by atoms with Crippen molar-refractivity contribution in [3.8, 4) is 5.75 Å². The number of phenols is 1. The molecular weight excluding hydrogens is 240 g/mol. The third-order valence-corrected chi connectivity index (χ3v) is 3.01. The van der Waals surface area contributed by atoms with Gasteiger partial charge in [0.05, 0.1) is 0 Å². The van der Waals surface area contributed by atoms with Gasteiger partial charge in [-0.25, -0.2) is 0 Å². The zero-order valence-corrected chi connectivity index (χ0v) is 12.4. The summed E-state index contributed by atoms with van der Waals surface area (Å²) in [6, 6.07) is 7.43. The van der Waals surface area contributed by atoms with Gasteiger partial charge in [-0.05, 0) is 42.4 Å². The summed E-state index contributed by atoms with van der Waals surface area (Å²) in [6.07, 6.45) is 2.23. The lowest BCUT2D eigenvalue weighted by Gasteiger charge is -2.07. The van der Waals surface area contributed by atoms with Crippen molar-refractivity contribution in [3.63, 3.8) is 0 Å². The molecule has 1 rings (SSSR count). The molecule has 3 nitrogen and oxygen atoms in total. The van der Waals surface area contributed by atoms with Crippen LogP contribution in [0.4, 0.5) is 0 Å². The van der Waals surface area contributed by atoms with Gasteiger partial charge in [0.1, 0.15) is 5.75 Å². The minimum atomic E-state index is -0.696. The monoisotopic (exact) mass is 266 g/mol. The van der Waals surface area contributed by atoms with Crippen molar-refractivity contribution in [3.05, 3.63) is 29.8 Å². The Hall–Kier alpha value is -1.51. The van der Waals surface area contributed by atoms with Crippen molar-refractivity contribution in [1.82, 2.24) is 0 Å². The zero-order chi connectivity index (χ0) is 14.8. The van der Waals surface area contributed by atoms with Crippen LogP contribution in [0.1, 0.15) is 58.4 Å². The summed E-state index contributed by atoms with van der Waals surface area (Å²) in [5.74, 6) is 0.748. The van der Waals surface area contributed by atoms with Gasteiger partial charge in [-0.3, -0.25) is 4.79 Å². The molecule has 0 aromatic heterocycles. The second-order valence-corrected chi connectivity index (χ2v) is 5.23.